The first-order valence-corrected chi connectivity index (χ1v) is 9.51. The molecular weight excluding hydrogens is 342 g/mol. The molecule has 27 heavy (non-hydrogen) atoms. The van der Waals surface area contributed by atoms with Crippen molar-refractivity contribution >= 4 is 11.8 Å². The van der Waals surface area contributed by atoms with Gasteiger partial charge in [-0.15, -0.1) is 0 Å². The molecule has 1 saturated heterocycles. The number of carbonyl (C=O) groups excluding carboxylic acids is 2. The van der Waals surface area contributed by atoms with Crippen molar-refractivity contribution < 1.29 is 14.0 Å². The third-order valence-electron chi connectivity index (χ3n) is 4.98. The lowest BCUT2D eigenvalue weighted by molar-refractivity contribution is 0.0597. The molecule has 1 atom stereocenters. The lowest BCUT2D eigenvalue weighted by Gasteiger charge is -2.34. The van der Waals surface area contributed by atoms with Crippen molar-refractivity contribution in [1.29, 1.82) is 0 Å². The zero-order valence-corrected chi connectivity index (χ0v) is 16.0. The Kier molecular flexibility index (Phi) is 6.29. The van der Waals surface area contributed by atoms with Gasteiger partial charge in [-0.1, -0.05) is 19.1 Å². The standard InChI is InChI=1S/C21H27N3O3/c1-3-16(2)22-20(25)18-7-4-6-17(14-18)15-23-9-11-24(12-10-23)21(26)19-8-5-13-27-19/h4-8,13-14,16H,3,9-12,15H2,1-2H3,(H,22,25)/t16-/m0/s1. The van der Waals surface area contributed by atoms with Crippen LogP contribution in [0.3, 0.4) is 0 Å². The van der Waals surface area contributed by atoms with Crippen molar-refractivity contribution in [2.75, 3.05) is 26.2 Å². The summed E-state index contributed by atoms with van der Waals surface area (Å²) in [7, 11) is 0. The Morgan fingerprint density at radius 1 is 1.15 bits per heavy atom. The van der Waals surface area contributed by atoms with Crippen LogP contribution in [-0.2, 0) is 6.54 Å². The Bertz CT molecular complexity index is 765. The smallest absolute Gasteiger partial charge is 0.289 e. The van der Waals surface area contributed by atoms with E-state index in [0.29, 0.717) is 24.4 Å². The van der Waals surface area contributed by atoms with E-state index in [0.717, 1.165) is 31.6 Å². The van der Waals surface area contributed by atoms with Crippen molar-refractivity contribution in [2.45, 2.75) is 32.9 Å². The lowest BCUT2D eigenvalue weighted by Crippen LogP contribution is -2.48. The Labute approximate surface area is 160 Å². The molecule has 1 N–H and O–H groups in total. The monoisotopic (exact) mass is 369 g/mol. The molecule has 6 nitrogen and oxygen atoms in total. The third kappa shape index (κ3) is 4.98. The molecule has 144 valence electrons. The molecule has 2 amide bonds. The van der Waals surface area contributed by atoms with Gasteiger partial charge < -0.3 is 14.6 Å². The van der Waals surface area contributed by atoms with E-state index in [9.17, 15) is 9.59 Å². The molecule has 0 spiro atoms. The van der Waals surface area contributed by atoms with Gasteiger partial charge in [-0.3, -0.25) is 14.5 Å². The summed E-state index contributed by atoms with van der Waals surface area (Å²) in [5.41, 5.74) is 1.80. The van der Waals surface area contributed by atoms with Crippen LogP contribution >= 0.6 is 0 Å². The van der Waals surface area contributed by atoms with Gasteiger partial charge in [0, 0.05) is 44.3 Å². The Morgan fingerprint density at radius 3 is 2.59 bits per heavy atom. The van der Waals surface area contributed by atoms with Crippen molar-refractivity contribution in [1.82, 2.24) is 15.1 Å². The minimum Gasteiger partial charge on any atom is -0.459 e. The first-order valence-electron chi connectivity index (χ1n) is 9.51. The first-order chi connectivity index (χ1) is 13.1. The van der Waals surface area contributed by atoms with Gasteiger partial charge in [0.25, 0.3) is 11.8 Å². The topological polar surface area (TPSA) is 65.8 Å². The van der Waals surface area contributed by atoms with Crippen LogP contribution in [0.1, 0.15) is 46.7 Å². The highest BCUT2D eigenvalue weighted by molar-refractivity contribution is 5.94. The molecule has 1 fully saturated rings. The van der Waals surface area contributed by atoms with Crippen LogP contribution < -0.4 is 5.32 Å². The number of nitrogens with one attached hydrogen (secondary N) is 1. The minimum atomic E-state index is -0.0524. The number of hydrogen-bond acceptors (Lipinski definition) is 4. The summed E-state index contributed by atoms with van der Waals surface area (Å²) in [6, 6.07) is 11.4. The van der Waals surface area contributed by atoms with Crippen LogP contribution in [0.5, 0.6) is 0 Å². The Morgan fingerprint density at radius 2 is 1.93 bits per heavy atom. The highest BCUT2D eigenvalue weighted by Gasteiger charge is 2.23. The molecule has 0 aliphatic carbocycles. The fourth-order valence-corrected chi connectivity index (χ4v) is 3.14. The molecule has 1 aliphatic heterocycles. The zero-order chi connectivity index (χ0) is 19.2. The zero-order valence-electron chi connectivity index (χ0n) is 16.0. The molecule has 1 aliphatic rings. The summed E-state index contributed by atoms with van der Waals surface area (Å²) >= 11 is 0. The van der Waals surface area contributed by atoms with Gasteiger partial charge in [-0.25, -0.2) is 0 Å². The average Bonchev–Trinajstić information content (AvgIpc) is 3.23. The second-order valence-corrected chi connectivity index (χ2v) is 7.03. The molecule has 0 bridgehead atoms. The van der Waals surface area contributed by atoms with Crippen LogP contribution in [0.15, 0.2) is 47.1 Å². The third-order valence-corrected chi connectivity index (χ3v) is 4.98. The first kappa shape index (κ1) is 19.2. The van der Waals surface area contributed by atoms with E-state index in [-0.39, 0.29) is 17.9 Å². The molecule has 0 unspecified atom stereocenters. The van der Waals surface area contributed by atoms with Crippen molar-refractivity contribution in [3.63, 3.8) is 0 Å². The summed E-state index contributed by atoms with van der Waals surface area (Å²) in [4.78, 5) is 28.8. The Balaban J connectivity index is 1.54. The number of furan rings is 1. The molecule has 1 aromatic carbocycles. The van der Waals surface area contributed by atoms with Gasteiger partial charge in [0.2, 0.25) is 0 Å². The van der Waals surface area contributed by atoms with Gasteiger partial charge in [-0.2, -0.15) is 0 Å². The molecule has 3 rings (SSSR count). The highest BCUT2D eigenvalue weighted by atomic mass is 16.3. The fourth-order valence-electron chi connectivity index (χ4n) is 3.14. The van der Waals surface area contributed by atoms with E-state index in [1.807, 2.05) is 36.1 Å². The maximum absolute atomic E-state index is 12.3. The predicted octanol–water partition coefficient (Wildman–Crippen LogP) is 2.77. The van der Waals surface area contributed by atoms with Crippen molar-refractivity contribution in [3.8, 4) is 0 Å². The fraction of sp³-hybridized carbons (Fsp3) is 0.429. The van der Waals surface area contributed by atoms with Gasteiger partial charge >= 0.3 is 0 Å². The largest absolute Gasteiger partial charge is 0.459 e. The summed E-state index contributed by atoms with van der Waals surface area (Å²) in [6.45, 7) is 7.78. The van der Waals surface area contributed by atoms with Crippen LogP contribution in [0, 0.1) is 0 Å². The van der Waals surface area contributed by atoms with Crippen LogP contribution in [0.4, 0.5) is 0 Å². The molecule has 0 saturated carbocycles. The molecule has 6 heteroatoms. The van der Waals surface area contributed by atoms with E-state index >= 15 is 0 Å². The van der Waals surface area contributed by atoms with E-state index in [2.05, 4.69) is 17.1 Å². The predicted molar refractivity (Wildman–Crippen MR) is 104 cm³/mol. The number of rotatable bonds is 6. The maximum Gasteiger partial charge on any atom is 0.289 e. The molecule has 0 radical (unpaired) electrons. The van der Waals surface area contributed by atoms with Gasteiger partial charge in [0.05, 0.1) is 6.26 Å². The number of piperazine rings is 1. The van der Waals surface area contributed by atoms with E-state index in [4.69, 9.17) is 4.42 Å². The van der Waals surface area contributed by atoms with E-state index in [1.165, 1.54) is 6.26 Å². The summed E-state index contributed by atoms with van der Waals surface area (Å²) < 4.78 is 5.20. The summed E-state index contributed by atoms with van der Waals surface area (Å²) in [5, 5.41) is 3.00. The highest BCUT2D eigenvalue weighted by Crippen LogP contribution is 2.13. The number of nitrogens with zero attached hydrogens (tertiary/aromatic N) is 2. The van der Waals surface area contributed by atoms with E-state index < -0.39 is 0 Å². The summed E-state index contributed by atoms with van der Waals surface area (Å²) in [5.74, 6) is 0.312. The van der Waals surface area contributed by atoms with Gasteiger partial charge in [0.15, 0.2) is 5.76 Å². The van der Waals surface area contributed by atoms with Crippen LogP contribution in [-0.4, -0.2) is 53.8 Å². The number of carbonyl (C=O) groups is 2. The second kappa shape index (κ2) is 8.86. The van der Waals surface area contributed by atoms with Crippen molar-refractivity contribution in [3.05, 3.63) is 59.5 Å². The number of amides is 2. The van der Waals surface area contributed by atoms with Gasteiger partial charge in [0.1, 0.15) is 0 Å². The Hall–Kier alpha value is -2.60. The SMILES string of the molecule is CC[C@H](C)NC(=O)c1cccc(CN2CCN(C(=O)c3ccco3)CC2)c1. The molecule has 2 aromatic rings. The minimum absolute atomic E-state index is 0.0277. The van der Waals surface area contributed by atoms with Crippen LogP contribution in [0.25, 0.3) is 0 Å². The lowest BCUT2D eigenvalue weighted by atomic mass is 10.1. The normalized spacial score (nSPS) is 16.1. The average molecular weight is 369 g/mol. The summed E-state index contributed by atoms with van der Waals surface area (Å²) in [6.07, 6.45) is 2.43. The maximum atomic E-state index is 12.3. The number of benzene rings is 1. The van der Waals surface area contributed by atoms with Gasteiger partial charge in [-0.05, 0) is 43.2 Å². The van der Waals surface area contributed by atoms with Crippen molar-refractivity contribution in [2.24, 2.45) is 0 Å². The number of hydrogen-bond donors (Lipinski definition) is 1. The molecule has 1 aromatic heterocycles. The quantitative estimate of drug-likeness (QED) is 0.850. The molecular formula is C21H27N3O3. The second-order valence-electron chi connectivity index (χ2n) is 7.03. The van der Waals surface area contributed by atoms with Crippen LogP contribution in [0.2, 0.25) is 0 Å². The molecule has 2 heterocycles. The van der Waals surface area contributed by atoms with E-state index in [1.54, 1.807) is 12.1 Å².